The van der Waals surface area contributed by atoms with E-state index < -0.39 is 21.6 Å². The van der Waals surface area contributed by atoms with Gasteiger partial charge in [0.25, 0.3) is 0 Å². The molecule has 1 fully saturated rings. The van der Waals surface area contributed by atoms with Crippen molar-refractivity contribution in [1.29, 1.82) is 0 Å². The van der Waals surface area contributed by atoms with Crippen LogP contribution in [0.4, 0.5) is 4.39 Å². The number of nitrogens with zero attached hydrogens (tertiary/aromatic N) is 1. The molecule has 132 valence electrons. The fourth-order valence-electron chi connectivity index (χ4n) is 2.62. The van der Waals surface area contributed by atoms with Crippen LogP contribution in [0.2, 0.25) is 0 Å². The number of nitrogens with one attached hydrogen (secondary N) is 1. The van der Waals surface area contributed by atoms with Crippen molar-refractivity contribution in [2.75, 3.05) is 18.8 Å². The Morgan fingerprint density at radius 1 is 1.33 bits per heavy atom. The van der Waals surface area contributed by atoms with Gasteiger partial charge in [0, 0.05) is 25.6 Å². The van der Waals surface area contributed by atoms with E-state index in [1.165, 1.54) is 12.1 Å². The standard InChI is InChI=1S/C16H21FN2O4S/c1-11(2)19-10-12(9-15(19)20)16(21)18-7-8-24(22,23)14-5-3-13(17)4-6-14/h3-6,11-12H,7-10H2,1-2H3,(H,18,21). The van der Waals surface area contributed by atoms with Gasteiger partial charge < -0.3 is 10.2 Å². The molecule has 0 spiro atoms. The molecule has 8 heteroatoms. The van der Waals surface area contributed by atoms with Crippen LogP contribution < -0.4 is 5.32 Å². The summed E-state index contributed by atoms with van der Waals surface area (Å²) in [4.78, 5) is 25.5. The van der Waals surface area contributed by atoms with Crippen LogP contribution >= 0.6 is 0 Å². The highest BCUT2D eigenvalue weighted by Crippen LogP contribution is 2.20. The maximum atomic E-state index is 12.8. The number of carbonyl (C=O) groups is 2. The van der Waals surface area contributed by atoms with E-state index in [0.29, 0.717) is 6.54 Å². The predicted octanol–water partition coefficient (Wildman–Crippen LogP) is 0.972. The highest BCUT2D eigenvalue weighted by Gasteiger charge is 2.35. The average Bonchev–Trinajstić information content (AvgIpc) is 2.89. The molecule has 2 rings (SSSR count). The zero-order valence-electron chi connectivity index (χ0n) is 13.7. The van der Waals surface area contributed by atoms with Crippen molar-refractivity contribution in [1.82, 2.24) is 10.2 Å². The van der Waals surface area contributed by atoms with Gasteiger partial charge >= 0.3 is 0 Å². The fourth-order valence-corrected chi connectivity index (χ4v) is 3.78. The number of benzene rings is 1. The van der Waals surface area contributed by atoms with Crippen molar-refractivity contribution in [3.8, 4) is 0 Å². The van der Waals surface area contributed by atoms with Crippen LogP contribution in [0.5, 0.6) is 0 Å². The Labute approximate surface area is 140 Å². The normalized spacial score (nSPS) is 18.2. The highest BCUT2D eigenvalue weighted by atomic mass is 32.2. The minimum Gasteiger partial charge on any atom is -0.355 e. The van der Waals surface area contributed by atoms with Gasteiger partial charge in [-0.15, -0.1) is 0 Å². The summed E-state index contributed by atoms with van der Waals surface area (Å²) in [6, 6.07) is 4.59. The van der Waals surface area contributed by atoms with Crippen molar-refractivity contribution < 1.29 is 22.4 Å². The van der Waals surface area contributed by atoms with Crippen LogP contribution in [-0.4, -0.2) is 50.0 Å². The zero-order valence-corrected chi connectivity index (χ0v) is 14.5. The van der Waals surface area contributed by atoms with E-state index in [4.69, 9.17) is 0 Å². The lowest BCUT2D eigenvalue weighted by Crippen LogP contribution is -2.37. The van der Waals surface area contributed by atoms with E-state index >= 15 is 0 Å². The van der Waals surface area contributed by atoms with E-state index in [9.17, 15) is 22.4 Å². The minimum absolute atomic E-state index is 0.0141. The van der Waals surface area contributed by atoms with Crippen LogP contribution in [0.15, 0.2) is 29.2 Å². The molecule has 1 aromatic carbocycles. The molecule has 1 saturated heterocycles. The number of amides is 2. The fraction of sp³-hybridized carbons (Fsp3) is 0.500. The molecule has 1 atom stereocenters. The quantitative estimate of drug-likeness (QED) is 0.770. The van der Waals surface area contributed by atoms with E-state index in [1.807, 2.05) is 13.8 Å². The molecule has 1 aliphatic heterocycles. The first-order valence-corrected chi connectivity index (χ1v) is 9.41. The minimum atomic E-state index is -3.59. The molecule has 1 unspecified atom stereocenters. The Morgan fingerprint density at radius 3 is 2.50 bits per heavy atom. The summed E-state index contributed by atoms with van der Waals surface area (Å²) in [6.45, 7) is 4.07. The molecular formula is C16H21FN2O4S. The van der Waals surface area contributed by atoms with Gasteiger partial charge in [-0.25, -0.2) is 12.8 Å². The Bertz CT molecular complexity index is 716. The number of hydrogen-bond donors (Lipinski definition) is 1. The second kappa shape index (κ2) is 7.29. The smallest absolute Gasteiger partial charge is 0.225 e. The number of hydrogen-bond acceptors (Lipinski definition) is 4. The Kier molecular flexibility index (Phi) is 5.58. The van der Waals surface area contributed by atoms with Crippen molar-refractivity contribution in [2.24, 2.45) is 5.92 Å². The summed E-state index contributed by atoms with van der Waals surface area (Å²) in [5.74, 6) is -1.62. The summed E-state index contributed by atoms with van der Waals surface area (Å²) in [6.07, 6.45) is 0.148. The first-order chi connectivity index (χ1) is 11.2. The molecule has 0 aromatic heterocycles. The number of halogens is 1. The lowest BCUT2D eigenvalue weighted by Gasteiger charge is -2.20. The number of sulfone groups is 1. The van der Waals surface area contributed by atoms with Gasteiger partial charge in [-0.1, -0.05) is 0 Å². The second-order valence-electron chi connectivity index (χ2n) is 6.10. The Hall–Kier alpha value is -1.96. The van der Waals surface area contributed by atoms with Crippen molar-refractivity contribution >= 4 is 21.7 Å². The van der Waals surface area contributed by atoms with Crippen molar-refractivity contribution in [3.63, 3.8) is 0 Å². The lowest BCUT2D eigenvalue weighted by atomic mass is 10.1. The van der Waals surface area contributed by atoms with Crippen LogP contribution in [0.1, 0.15) is 20.3 Å². The molecule has 1 aromatic rings. The van der Waals surface area contributed by atoms with Crippen LogP contribution in [-0.2, 0) is 19.4 Å². The Morgan fingerprint density at radius 2 is 1.96 bits per heavy atom. The summed E-state index contributed by atoms with van der Waals surface area (Å²) in [5.41, 5.74) is 0. The summed E-state index contributed by atoms with van der Waals surface area (Å²) in [5, 5.41) is 2.57. The van der Waals surface area contributed by atoms with Gasteiger partial charge in [-0.05, 0) is 38.1 Å². The first-order valence-electron chi connectivity index (χ1n) is 7.76. The summed E-state index contributed by atoms with van der Waals surface area (Å²) >= 11 is 0. The van der Waals surface area contributed by atoms with Crippen LogP contribution in [0.25, 0.3) is 0 Å². The number of carbonyl (C=O) groups excluding carboxylic acids is 2. The van der Waals surface area contributed by atoms with Crippen molar-refractivity contribution in [2.45, 2.75) is 31.2 Å². The molecule has 24 heavy (non-hydrogen) atoms. The van der Waals surface area contributed by atoms with E-state index in [-0.39, 0.29) is 41.5 Å². The van der Waals surface area contributed by atoms with E-state index in [2.05, 4.69) is 5.32 Å². The number of rotatable bonds is 6. The topological polar surface area (TPSA) is 83.6 Å². The number of likely N-dealkylation sites (tertiary alicyclic amines) is 1. The SMILES string of the molecule is CC(C)N1CC(C(=O)NCCS(=O)(=O)c2ccc(F)cc2)CC1=O. The third-order valence-corrected chi connectivity index (χ3v) is 5.73. The zero-order chi connectivity index (χ0) is 17.9. The lowest BCUT2D eigenvalue weighted by molar-refractivity contribution is -0.129. The van der Waals surface area contributed by atoms with Gasteiger partial charge in [0.2, 0.25) is 11.8 Å². The summed E-state index contributed by atoms with van der Waals surface area (Å²) in [7, 11) is -3.59. The highest BCUT2D eigenvalue weighted by molar-refractivity contribution is 7.91. The molecule has 1 heterocycles. The molecule has 0 saturated carbocycles. The second-order valence-corrected chi connectivity index (χ2v) is 8.21. The molecule has 2 amide bonds. The van der Waals surface area contributed by atoms with E-state index in [1.54, 1.807) is 4.90 Å². The molecule has 1 aliphatic rings. The van der Waals surface area contributed by atoms with Crippen LogP contribution in [0.3, 0.4) is 0 Å². The van der Waals surface area contributed by atoms with E-state index in [0.717, 1.165) is 12.1 Å². The average molecular weight is 356 g/mol. The largest absolute Gasteiger partial charge is 0.355 e. The Balaban J connectivity index is 1.87. The van der Waals surface area contributed by atoms with Crippen LogP contribution in [0, 0.1) is 11.7 Å². The monoisotopic (exact) mass is 356 g/mol. The van der Waals surface area contributed by atoms with Gasteiger partial charge in [-0.2, -0.15) is 0 Å². The first kappa shape index (κ1) is 18.4. The van der Waals surface area contributed by atoms with Gasteiger partial charge in [-0.3, -0.25) is 9.59 Å². The van der Waals surface area contributed by atoms with Gasteiger partial charge in [0.15, 0.2) is 9.84 Å². The maximum absolute atomic E-state index is 12.8. The molecule has 0 aliphatic carbocycles. The maximum Gasteiger partial charge on any atom is 0.225 e. The third-order valence-electron chi connectivity index (χ3n) is 4.00. The molecular weight excluding hydrogens is 335 g/mol. The molecule has 0 bridgehead atoms. The summed E-state index contributed by atoms with van der Waals surface area (Å²) < 4.78 is 37.0. The van der Waals surface area contributed by atoms with Crippen molar-refractivity contribution in [3.05, 3.63) is 30.1 Å². The molecule has 1 N–H and O–H groups in total. The molecule has 0 radical (unpaired) electrons. The predicted molar refractivity (Wildman–Crippen MR) is 86.4 cm³/mol. The van der Waals surface area contributed by atoms with Gasteiger partial charge in [0.1, 0.15) is 5.82 Å². The van der Waals surface area contributed by atoms with Gasteiger partial charge in [0.05, 0.1) is 16.6 Å². The third kappa shape index (κ3) is 4.31. The molecule has 6 nitrogen and oxygen atoms in total.